The average molecular weight is 629 g/mol. The minimum Gasteiger partial charge on any atom is -0.309 e. The number of aromatic nitrogens is 2. The number of para-hydroxylation sites is 2. The third-order valence-electron chi connectivity index (χ3n) is 10.7. The van der Waals surface area contributed by atoms with Crippen molar-refractivity contribution >= 4 is 49.4 Å². The number of carbonyl (C=O) groups is 1. The van der Waals surface area contributed by atoms with Crippen LogP contribution in [0.3, 0.4) is 0 Å². The standard InChI is InChI=1S/C46H32N2O/c1-46(2)37-22-11-9-20-35(37)41-38(46)26-24-33-34-25-27-40-42(36-21-10-12-23-39(36)47(40)31-17-7-4-8-18-31)44(34)48(43(33)41)32-19-13-16-30(28-32)45(49)29-14-5-3-6-15-29/h3-28H,1-2H3. The Morgan fingerprint density at radius 2 is 1.14 bits per heavy atom. The van der Waals surface area contributed by atoms with Gasteiger partial charge in [0.15, 0.2) is 5.78 Å². The van der Waals surface area contributed by atoms with Crippen LogP contribution >= 0.6 is 0 Å². The molecule has 0 aliphatic heterocycles. The van der Waals surface area contributed by atoms with Gasteiger partial charge in [0.2, 0.25) is 0 Å². The monoisotopic (exact) mass is 628 g/mol. The molecule has 232 valence electrons. The Bertz CT molecular complexity index is 2800. The Morgan fingerprint density at radius 1 is 0.490 bits per heavy atom. The first kappa shape index (κ1) is 27.9. The molecule has 3 nitrogen and oxygen atoms in total. The van der Waals surface area contributed by atoms with Gasteiger partial charge in [-0.05, 0) is 53.1 Å². The zero-order chi connectivity index (χ0) is 32.9. The first-order chi connectivity index (χ1) is 24.0. The second kappa shape index (κ2) is 10.2. The zero-order valence-corrected chi connectivity index (χ0v) is 27.3. The molecule has 9 aromatic rings. The highest BCUT2D eigenvalue weighted by molar-refractivity contribution is 6.28. The van der Waals surface area contributed by atoms with Crippen LogP contribution in [0.2, 0.25) is 0 Å². The van der Waals surface area contributed by atoms with Crippen molar-refractivity contribution in [2.24, 2.45) is 0 Å². The number of fused-ring (bicyclic) bond motifs is 11. The summed E-state index contributed by atoms with van der Waals surface area (Å²) in [6, 6.07) is 55.2. The van der Waals surface area contributed by atoms with Gasteiger partial charge in [-0.1, -0.05) is 135 Å². The summed E-state index contributed by atoms with van der Waals surface area (Å²) in [6.45, 7) is 4.67. The lowest BCUT2D eigenvalue weighted by Crippen LogP contribution is -2.14. The summed E-state index contributed by atoms with van der Waals surface area (Å²) in [7, 11) is 0. The Morgan fingerprint density at radius 3 is 1.98 bits per heavy atom. The normalized spacial score (nSPS) is 13.3. The van der Waals surface area contributed by atoms with Gasteiger partial charge in [0.05, 0.1) is 22.1 Å². The quantitative estimate of drug-likeness (QED) is 0.178. The first-order valence-electron chi connectivity index (χ1n) is 16.9. The summed E-state index contributed by atoms with van der Waals surface area (Å²) < 4.78 is 4.83. The van der Waals surface area contributed by atoms with Gasteiger partial charge in [0.25, 0.3) is 0 Å². The van der Waals surface area contributed by atoms with E-state index in [1.165, 1.54) is 49.3 Å². The largest absolute Gasteiger partial charge is 0.309 e. The van der Waals surface area contributed by atoms with Crippen LogP contribution in [-0.2, 0) is 5.41 Å². The number of rotatable bonds is 4. The van der Waals surface area contributed by atoms with Crippen LogP contribution in [0.25, 0.3) is 66.1 Å². The Balaban J connectivity index is 1.40. The molecule has 0 saturated carbocycles. The highest BCUT2D eigenvalue weighted by atomic mass is 16.1. The molecular formula is C46H32N2O. The lowest BCUT2D eigenvalue weighted by atomic mass is 9.82. The molecule has 1 aliphatic rings. The van der Waals surface area contributed by atoms with Gasteiger partial charge >= 0.3 is 0 Å². The Kier molecular flexibility index (Phi) is 5.78. The maximum Gasteiger partial charge on any atom is 0.193 e. The number of ketones is 1. The second-order valence-electron chi connectivity index (χ2n) is 13.7. The van der Waals surface area contributed by atoms with Crippen molar-refractivity contribution in [3.05, 3.63) is 180 Å². The van der Waals surface area contributed by atoms with E-state index in [0.29, 0.717) is 11.1 Å². The van der Waals surface area contributed by atoms with Crippen molar-refractivity contribution < 1.29 is 4.79 Å². The number of hydrogen-bond acceptors (Lipinski definition) is 1. The van der Waals surface area contributed by atoms with E-state index in [9.17, 15) is 4.79 Å². The van der Waals surface area contributed by atoms with E-state index in [1.54, 1.807) is 0 Å². The van der Waals surface area contributed by atoms with E-state index < -0.39 is 0 Å². The fourth-order valence-electron chi connectivity index (χ4n) is 8.48. The molecule has 0 saturated heterocycles. The molecule has 0 bridgehead atoms. The Labute approximate surface area is 284 Å². The molecule has 2 aromatic heterocycles. The maximum absolute atomic E-state index is 13.9. The van der Waals surface area contributed by atoms with Crippen molar-refractivity contribution in [3.8, 4) is 22.5 Å². The van der Waals surface area contributed by atoms with Crippen molar-refractivity contribution in [1.29, 1.82) is 0 Å². The van der Waals surface area contributed by atoms with E-state index in [-0.39, 0.29) is 11.2 Å². The minimum atomic E-state index is -0.148. The van der Waals surface area contributed by atoms with Crippen molar-refractivity contribution in [2.75, 3.05) is 0 Å². The lowest BCUT2D eigenvalue weighted by Gasteiger charge is -2.21. The maximum atomic E-state index is 13.9. The van der Waals surface area contributed by atoms with E-state index in [1.807, 2.05) is 42.5 Å². The summed E-state index contributed by atoms with van der Waals surface area (Å²) in [6.07, 6.45) is 0. The van der Waals surface area contributed by atoms with Gasteiger partial charge in [-0.2, -0.15) is 0 Å². The van der Waals surface area contributed by atoms with Crippen LogP contribution in [0.15, 0.2) is 158 Å². The average Bonchev–Trinajstić information content (AvgIpc) is 3.75. The van der Waals surface area contributed by atoms with Crippen molar-refractivity contribution in [2.45, 2.75) is 19.3 Å². The smallest absolute Gasteiger partial charge is 0.193 e. The van der Waals surface area contributed by atoms with E-state index in [2.05, 4.69) is 138 Å². The van der Waals surface area contributed by atoms with Crippen molar-refractivity contribution in [1.82, 2.24) is 9.13 Å². The number of nitrogens with zero attached hydrogens (tertiary/aromatic N) is 2. The molecule has 2 heterocycles. The Hall–Kier alpha value is -6.19. The molecule has 7 aromatic carbocycles. The van der Waals surface area contributed by atoms with Crippen LogP contribution in [-0.4, -0.2) is 14.9 Å². The number of hydrogen-bond donors (Lipinski definition) is 0. The molecule has 1 aliphatic carbocycles. The SMILES string of the molecule is CC1(C)c2ccccc2-c2c1ccc1c3ccc4c(c5ccccc5n4-c4ccccc4)c3n(-c3cccc(C(=O)c4ccccc4)c3)c21. The van der Waals surface area contributed by atoms with Gasteiger partial charge in [-0.25, -0.2) is 0 Å². The fraction of sp³-hybridized carbons (Fsp3) is 0.0652. The molecule has 0 N–H and O–H groups in total. The molecule has 0 atom stereocenters. The third-order valence-corrected chi connectivity index (χ3v) is 10.7. The molecule has 0 spiro atoms. The van der Waals surface area contributed by atoms with Gasteiger partial charge in [0.1, 0.15) is 0 Å². The topological polar surface area (TPSA) is 26.9 Å². The van der Waals surface area contributed by atoms with Gasteiger partial charge in [-0.3, -0.25) is 4.79 Å². The molecular weight excluding hydrogens is 597 g/mol. The van der Waals surface area contributed by atoms with E-state index >= 15 is 0 Å². The number of carbonyl (C=O) groups excluding carboxylic acids is 1. The van der Waals surface area contributed by atoms with Crippen molar-refractivity contribution in [3.63, 3.8) is 0 Å². The highest BCUT2D eigenvalue weighted by Crippen LogP contribution is 2.53. The lowest BCUT2D eigenvalue weighted by molar-refractivity contribution is 0.103. The summed E-state index contributed by atoms with van der Waals surface area (Å²) in [5.74, 6) is 0.0192. The van der Waals surface area contributed by atoms with Crippen LogP contribution < -0.4 is 0 Å². The second-order valence-corrected chi connectivity index (χ2v) is 13.7. The van der Waals surface area contributed by atoms with Gasteiger partial charge in [0, 0.05) is 55.0 Å². The van der Waals surface area contributed by atoms with Gasteiger partial charge < -0.3 is 9.13 Å². The summed E-state index contributed by atoms with van der Waals surface area (Å²) in [5, 5.41) is 4.81. The minimum absolute atomic E-state index is 0.0192. The van der Waals surface area contributed by atoms with E-state index in [4.69, 9.17) is 0 Å². The highest BCUT2D eigenvalue weighted by Gasteiger charge is 2.38. The van der Waals surface area contributed by atoms with Crippen LogP contribution in [0.4, 0.5) is 0 Å². The molecule has 0 unspecified atom stereocenters. The summed E-state index contributed by atoms with van der Waals surface area (Å²) >= 11 is 0. The summed E-state index contributed by atoms with van der Waals surface area (Å²) in [4.78, 5) is 13.9. The van der Waals surface area contributed by atoms with E-state index in [0.717, 1.165) is 27.9 Å². The summed E-state index contributed by atoms with van der Waals surface area (Å²) in [5.41, 5.74) is 13.2. The first-order valence-corrected chi connectivity index (χ1v) is 16.9. The third kappa shape index (κ3) is 3.81. The molecule has 0 fully saturated rings. The van der Waals surface area contributed by atoms with Crippen LogP contribution in [0.1, 0.15) is 40.9 Å². The van der Waals surface area contributed by atoms with Crippen LogP contribution in [0.5, 0.6) is 0 Å². The molecule has 0 amide bonds. The van der Waals surface area contributed by atoms with Crippen LogP contribution in [0, 0.1) is 0 Å². The predicted molar refractivity (Wildman–Crippen MR) is 203 cm³/mol. The molecule has 0 radical (unpaired) electrons. The fourth-order valence-corrected chi connectivity index (χ4v) is 8.48. The zero-order valence-electron chi connectivity index (χ0n) is 27.3. The predicted octanol–water partition coefficient (Wildman–Crippen LogP) is 11.4. The molecule has 3 heteroatoms. The molecule has 10 rings (SSSR count). The number of benzene rings is 7. The van der Waals surface area contributed by atoms with Gasteiger partial charge in [-0.15, -0.1) is 0 Å². The molecule has 49 heavy (non-hydrogen) atoms.